The topological polar surface area (TPSA) is 12.4 Å². The van der Waals surface area contributed by atoms with Gasteiger partial charge in [-0.1, -0.05) is 23.7 Å². The molecule has 0 aliphatic carbocycles. The average molecular weight is 184 g/mol. The minimum Gasteiger partial charge on any atom is -0.193 e. The Morgan fingerprint density at radius 2 is 2.27 bits per heavy atom. The van der Waals surface area contributed by atoms with Gasteiger partial charge in [0.1, 0.15) is 0 Å². The molecule has 0 saturated heterocycles. The van der Waals surface area contributed by atoms with E-state index in [9.17, 15) is 0 Å². The van der Waals surface area contributed by atoms with Gasteiger partial charge in [-0.2, -0.15) is 4.99 Å². The molecule has 1 aromatic carbocycles. The lowest BCUT2D eigenvalue weighted by atomic mass is 10.2. The fourth-order valence-corrected chi connectivity index (χ4v) is 1.03. The first kappa shape index (κ1) is 8.41. The van der Waals surface area contributed by atoms with Crippen molar-refractivity contribution in [2.24, 2.45) is 4.99 Å². The zero-order chi connectivity index (χ0) is 8.27. The number of hydrogen-bond acceptors (Lipinski definition) is 2. The normalized spacial score (nSPS) is 8.91. The number of hydrogen-bond donors (Lipinski definition) is 0. The molecule has 56 valence electrons. The molecule has 0 atom stereocenters. The van der Waals surface area contributed by atoms with Crippen LogP contribution in [0.4, 0.5) is 5.69 Å². The molecule has 0 N–H and O–H groups in total. The number of nitrogens with zero attached hydrogens (tertiary/aromatic N) is 1. The smallest absolute Gasteiger partial charge is 0.0928 e. The highest BCUT2D eigenvalue weighted by atomic mass is 35.5. The molecule has 0 bridgehead atoms. The van der Waals surface area contributed by atoms with Crippen molar-refractivity contribution in [1.82, 2.24) is 0 Å². The number of rotatable bonds is 1. The second-order valence-corrected chi connectivity index (χ2v) is 2.67. The van der Waals surface area contributed by atoms with Crippen LogP contribution < -0.4 is 0 Å². The second-order valence-electron chi connectivity index (χ2n) is 2.11. The maximum absolute atomic E-state index is 5.89. The van der Waals surface area contributed by atoms with Crippen LogP contribution >= 0.6 is 23.8 Å². The summed E-state index contributed by atoms with van der Waals surface area (Å²) in [4.78, 5) is 3.80. The van der Waals surface area contributed by atoms with Crippen molar-refractivity contribution in [3.8, 4) is 0 Å². The van der Waals surface area contributed by atoms with Crippen LogP contribution in [-0.2, 0) is 0 Å². The summed E-state index contributed by atoms with van der Waals surface area (Å²) in [5.41, 5.74) is 1.68. The molecule has 0 fully saturated rings. The van der Waals surface area contributed by atoms with Gasteiger partial charge in [-0.25, -0.2) is 0 Å². The Bertz CT molecular complexity index is 316. The van der Waals surface area contributed by atoms with Crippen LogP contribution in [0.15, 0.2) is 23.2 Å². The molecule has 0 saturated carbocycles. The standard InChI is InChI=1S/C8H6ClNS/c1-6-3-2-4-7(8(6)9)10-5-11/h2-4H,1H3. The van der Waals surface area contributed by atoms with Gasteiger partial charge in [0, 0.05) is 0 Å². The van der Waals surface area contributed by atoms with Crippen molar-refractivity contribution < 1.29 is 0 Å². The zero-order valence-corrected chi connectivity index (χ0v) is 7.54. The van der Waals surface area contributed by atoms with E-state index in [1.54, 1.807) is 6.07 Å². The van der Waals surface area contributed by atoms with Crippen molar-refractivity contribution >= 4 is 34.7 Å². The summed E-state index contributed by atoms with van der Waals surface area (Å²) in [5.74, 6) is 0. The molecule has 0 aliphatic rings. The van der Waals surface area contributed by atoms with Crippen LogP contribution in [0.1, 0.15) is 5.56 Å². The van der Waals surface area contributed by atoms with Gasteiger partial charge in [-0.05, 0) is 30.8 Å². The van der Waals surface area contributed by atoms with Crippen molar-refractivity contribution in [3.63, 3.8) is 0 Å². The molecule has 11 heavy (non-hydrogen) atoms. The first-order valence-corrected chi connectivity index (χ1v) is 3.87. The van der Waals surface area contributed by atoms with Gasteiger partial charge in [0.05, 0.1) is 15.9 Å². The van der Waals surface area contributed by atoms with Gasteiger partial charge >= 0.3 is 0 Å². The van der Waals surface area contributed by atoms with E-state index in [0.717, 1.165) is 5.56 Å². The number of thiocarbonyl (C=S) groups is 1. The summed E-state index contributed by atoms with van der Waals surface area (Å²) in [5, 5.41) is 2.92. The summed E-state index contributed by atoms with van der Waals surface area (Å²) < 4.78 is 0. The lowest BCUT2D eigenvalue weighted by molar-refractivity contribution is 1.44. The van der Waals surface area contributed by atoms with Crippen LogP contribution in [-0.4, -0.2) is 5.16 Å². The molecule has 1 rings (SSSR count). The number of isothiocyanates is 1. The molecule has 1 aromatic rings. The molecule has 1 nitrogen and oxygen atoms in total. The predicted molar refractivity (Wildman–Crippen MR) is 50.9 cm³/mol. The molecule has 0 aromatic heterocycles. The molecule has 0 spiro atoms. The Hall–Kier alpha value is -0.690. The first-order chi connectivity index (χ1) is 5.25. The summed E-state index contributed by atoms with van der Waals surface area (Å²) in [7, 11) is 0. The lowest BCUT2D eigenvalue weighted by Gasteiger charge is -1.98. The van der Waals surface area contributed by atoms with E-state index < -0.39 is 0 Å². The molecule has 0 heterocycles. The Kier molecular flexibility index (Phi) is 2.77. The highest BCUT2D eigenvalue weighted by Gasteiger charge is 1.98. The van der Waals surface area contributed by atoms with Crippen LogP contribution in [0.3, 0.4) is 0 Å². The zero-order valence-electron chi connectivity index (χ0n) is 5.97. The third-order valence-electron chi connectivity index (χ3n) is 1.34. The van der Waals surface area contributed by atoms with E-state index in [1.165, 1.54) is 0 Å². The molecule has 3 heteroatoms. The largest absolute Gasteiger partial charge is 0.193 e. The van der Waals surface area contributed by atoms with Crippen LogP contribution in [0.25, 0.3) is 0 Å². The molecule has 0 aliphatic heterocycles. The van der Waals surface area contributed by atoms with Crippen molar-refractivity contribution in [3.05, 3.63) is 28.8 Å². The van der Waals surface area contributed by atoms with E-state index in [-0.39, 0.29) is 0 Å². The summed E-state index contributed by atoms with van der Waals surface area (Å²) in [6.07, 6.45) is 0. The third kappa shape index (κ3) is 1.87. The van der Waals surface area contributed by atoms with E-state index in [4.69, 9.17) is 11.6 Å². The molecule has 0 radical (unpaired) electrons. The Balaban J connectivity index is 3.26. The van der Waals surface area contributed by atoms with Crippen molar-refractivity contribution in [2.75, 3.05) is 0 Å². The monoisotopic (exact) mass is 183 g/mol. The van der Waals surface area contributed by atoms with Gasteiger partial charge in [-0.15, -0.1) is 0 Å². The lowest BCUT2D eigenvalue weighted by Crippen LogP contribution is -1.73. The second kappa shape index (κ2) is 3.63. The predicted octanol–water partition coefficient (Wildman–Crippen LogP) is 3.38. The number of benzene rings is 1. The Morgan fingerprint density at radius 1 is 1.55 bits per heavy atom. The summed E-state index contributed by atoms with van der Waals surface area (Å²) in [6.45, 7) is 1.92. The SMILES string of the molecule is Cc1cccc(N=C=S)c1Cl. The van der Waals surface area contributed by atoms with Gasteiger partial charge in [-0.3, -0.25) is 0 Å². The van der Waals surface area contributed by atoms with Gasteiger partial charge in [0.2, 0.25) is 0 Å². The molecule has 0 amide bonds. The third-order valence-corrected chi connectivity index (χ3v) is 1.92. The van der Waals surface area contributed by atoms with Gasteiger partial charge in [0.15, 0.2) is 0 Å². The fraction of sp³-hybridized carbons (Fsp3) is 0.125. The quantitative estimate of drug-likeness (QED) is 0.480. The van der Waals surface area contributed by atoms with Crippen LogP contribution in [0.2, 0.25) is 5.02 Å². The summed E-state index contributed by atoms with van der Waals surface area (Å²) in [6, 6.07) is 5.60. The summed E-state index contributed by atoms with van der Waals surface area (Å²) >= 11 is 10.4. The fourth-order valence-electron chi connectivity index (χ4n) is 0.767. The number of aryl methyl sites for hydroxylation is 1. The maximum Gasteiger partial charge on any atom is 0.0928 e. The number of halogens is 1. The van der Waals surface area contributed by atoms with Crippen LogP contribution in [0, 0.1) is 6.92 Å². The van der Waals surface area contributed by atoms with Gasteiger partial charge in [0.25, 0.3) is 0 Å². The molecular weight excluding hydrogens is 178 g/mol. The van der Waals surface area contributed by atoms with Crippen molar-refractivity contribution in [2.45, 2.75) is 6.92 Å². The Labute approximate surface area is 75.7 Å². The van der Waals surface area contributed by atoms with Crippen LogP contribution in [0.5, 0.6) is 0 Å². The van der Waals surface area contributed by atoms with Crippen molar-refractivity contribution in [1.29, 1.82) is 0 Å². The highest BCUT2D eigenvalue weighted by molar-refractivity contribution is 7.78. The number of aliphatic imine (C=N–C) groups is 1. The molecular formula is C8H6ClNS. The average Bonchev–Trinajstić information content (AvgIpc) is 1.99. The molecule has 0 unspecified atom stereocenters. The minimum absolute atomic E-state index is 0.643. The van der Waals surface area contributed by atoms with Gasteiger partial charge < -0.3 is 0 Å². The van der Waals surface area contributed by atoms with E-state index in [1.807, 2.05) is 19.1 Å². The highest BCUT2D eigenvalue weighted by Crippen LogP contribution is 2.26. The first-order valence-electron chi connectivity index (χ1n) is 3.08. The maximum atomic E-state index is 5.89. The van der Waals surface area contributed by atoms with E-state index >= 15 is 0 Å². The Morgan fingerprint density at radius 3 is 2.91 bits per heavy atom. The van der Waals surface area contributed by atoms with E-state index in [2.05, 4.69) is 22.4 Å². The van der Waals surface area contributed by atoms with E-state index in [0.29, 0.717) is 10.7 Å². The minimum atomic E-state index is 0.643.